The van der Waals surface area contributed by atoms with Crippen molar-refractivity contribution in [2.45, 2.75) is 6.42 Å². The Hall–Kier alpha value is -1.33. The van der Waals surface area contributed by atoms with Crippen molar-refractivity contribution in [2.24, 2.45) is 5.92 Å². The maximum absolute atomic E-state index is 13.0. The summed E-state index contributed by atoms with van der Waals surface area (Å²) in [5.41, 5.74) is 1.05. The summed E-state index contributed by atoms with van der Waals surface area (Å²) in [5.74, 6) is 1.82. The van der Waals surface area contributed by atoms with Crippen LogP contribution in [-0.4, -0.2) is 31.7 Å². The lowest BCUT2D eigenvalue weighted by atomic mass is 10.00. The van der Waals surface area contributed by atoms with Gasteiger partial charge in [-0.3, -0.25) is 9.29 Å². The lowest BCUT2D eigenvalue weighted by Crippen LogP contribution is -2.28. The average molecular weight is 221 g/mol. The molecule has 2 heteroatoms. The van der Waals surface area contributed by atoms with E-state index < -0.39 is 13.2 Å². The van der Waals surface area contributed by atoms with Crippen molar-refractivity contribution in [2.75, 3.05) is 26.8 Å². The van der Waals surface area contributed by atoms with Gasteiger partial charge in [0, 0.05) is 12.5 Å². The van der Waals surface area contributed by atoms with Gasteiger partial charge >= 0.3 is 0 Å². The fourth-order valence-corrected chi connectivity index (χ4v) is 1.66. The number of alkyl halides is 1. The molecule has 0 bridgehead atoms. The van der Waals surface area contributed by atoms with Gasteiger partial charge in [-0.05, 0) is 19.0 Å². The second-order valence-corrected chi connectivity index (χ2v) is 3.85. The summed E-state index contributed by atoms with van der Waals surface area (Å²) in [5, 5.41) is 0. The molecule has 0 N–H and O–H groups in total. The van der Waals surface area contributed by atoms with Crippen LogP contribution in [0.25, 0.3) is 0 Å². The predicted octanol–water partition coefficient (Wildman–Crippen LogP) is 2.38. The fourth-order valence-electron chi connectivity index (χ4n) is 1.66. The lowest BCUT2D eigenvalue weighted by Gasteiger charge is -2.20. The van der Waals surface area contributed by atoms with Crippen molar-refractivity contribution >= 4 is 0 Å². The maximum Gasteiger partial charge on any atom is 0.0938 e. The molecule has 16 heavy (non-hydrogen) atoms. The topological polar surface area (TPSA) is 3.24 Å². The van der Waals surface area contributed by atoms with Crippen molar-refractivity contribution in [3.63, 3.8) is 0 Å². The third-order valence-corrected chi connectivity index (χ3v) is 2.37. The highest BCUT2D eigenvalue weighted by Crippen LogP contribution is 2.10. The average Bonchev–Trinajstić information content (AvgIpc) is 2.38. The van der Waals surface area contributed by atoms with Gasteiger partial charge in [0.1, 0.15) is 0 Å². The molecular weight excluding hydrogens is 201 g/mol. The smallest absolute Gasteiger partial charge is 0.0938 e. The van der Waals surface area contributed by atoms with Crippen LogP contribution in [0.1, 0.15) is 8.30 Å². The van der Waals surface area contributed by atoms with E-state index in [0.29, 0.717) is 13.0 Å². The van der Waals surface area contributed by atoms with Crippen LogP contribution in [0.5, 0.6) is 0 Å². The van der Waals surface area contributed by atoms with E-state index >= 15 is 0 Å². The van der Waals surface area contributed by atoms with Crippen LogP contribution in [-0.2, 0) is 6.42 Å². The van der Waals surface area contributed by atoms with Gasteiger partial charge in [-0.2, -0.15) is 0 Å². The summed E-state index contributed by atoms with van der Waals surface area (Å²) in [6.45, 7) is -2.02. The van der Waals surface area contributed by atoms with Gasteiger partial charge in [0.05, 0.1) is 15.9 Å². The Balaban J connectivity index is 2.61. The zero-order valence-electron chi connectivity index (χ0n) is 11.5. The Labute approximate surface area is 100 Å². The standard InChI is InChI=1S/C14H18FN/c1-3-9-16(2)12-14(11-15)10-13-7-5-4-6-8-13/h1,4-8,14H,9-12H2,2H3/i9D2. The van der Waals surface area contributed by atoms with Gasteiger partial charge < -0.3 is 0 Å². The van der Waals surface area contributed by atoms with Crippen molar-refractivity contribution < 1.29 is 7.13 Å². The number of halogens is 1. The van der Waals surface area contributed by atoms with Crippen LogP contribution in [0.2, 0.25) is 0 Å². The minimum absolute atomic E-state index is 0.249. The first-order chi connectivity index (χ1) is 8.49. The van der Waals surface area contributed by atoms with E-state index in [1.807, 2.05) is 30.3 Å². The first-order valence-electron chi connectivity index (χ1n) is 6.28. The quantitative estimate of drug-likeness (QED) is 0.667. The lowest BCUT2D eigenvalue weighted by molar-refractivity contribution is 0.257. The monoisotopic (exact) mass is 221 g/mol. The third kappa shape index (κ3) is 4.46. The summed E-state index contributed by atoms with van der Waals surface area (Å²) in [6, 6.07) is 9.62. The Morgan fingerprint density at radius 1 is 1.50 bits per heavy atom. The van der Waals surface area contributed by atoms with E-state index in [-0.39, 0.29) is 5.92 Å². The first-order valence-corrected chi connectivity index (χ1v) is 5.28. The molecule has 0 saturated heterocycles. The van der Waals surface area contributed by atoms with Crippen molar-refractivity contribution in [1.29, 1.82) is 0 Å². The molecule has 0 radical (unpaired) electrons. The van der Waals surface area contributed by atoms with E-state index in [2.05, 4.69) is 5.92 Å². The number of nitrogens with zero attached hydrogens (tertiary/aromatic N) is 1. The van der Waals surface area contributed by atoms with Gasteiger partial charge in [0.2, 0.25) is 0 Å². The van der Waals surface area contributed by atoms with Crippen LogP contribution in [0, 0.1) is 18.3 Å². The molecule has 1 nitrogen and oxygen atoms in total. The summed E-state index contributed by atoms with van der Waals surface area (Å²) in [4.78, 5) is 1.38. The number of benzene rings is 1. The SMILES string of the molecule is [2H]C([2H])(C#C)N(C)CC(CF)Cc1ccccc1. The highest BCUT2D eigenvalue weighted by Gasteiger charge is 2.11. The van der Waals surface area contributed by atoms with Crippen molar-refractivity contribution in [3.05, 3.63) is 35.9 Å². The number of rotatable bonds is 6. The molecule has 0 aliphatic heterocycles. The van der Waals surface area contributed by atoms with Gasteiger partial charge in [0.25, 0.3) is 0 Å². The Morgan fingerprint density at radius 2 is 2.19 bits per heavy atom. The van der Waals surface area contributed by atoms with Crippen LogP contribution >= 0.6 is 0 Å². The molecule has 1 aromatic carbocycles. The van der Waals surface area contributed by atoms with Crippen LogP contribution in [0.3, 0.4) is 0 Å². The minimum atomic E-state index is -1.83. The molecule has 1 unspecified atom stereocenters. The zero-order chi connectivity index (χ0) is 13.6. The van der Waals surface area contributed by atoms with E-state index in [9.17, 15) is 4.39 Å². The molecule has 0 spiro atoms. The van der Waals surface area contributed by atoms with Gasteiger partial charge in [0.15, 0.2) is 0 Å². The second kappa shape index (κ2) is 7.03. The fraction of sp³-hybridized carbons (Fsp3) is 0.429. The number of hydrogen-bond donors (Lipinski definition) is 0. The highest BCUT2D eigenvalue weighted by molar-refractivity contribution is 5.15. The molecule has 0 fully saturated rings. The molecule has 0 saturated carbocycles. The zero-order valence-corrected chi connectivity index (χ0v) is 9.49. The largest absolute Gasteiger partial charge is 0.295 e. The molecule has 1 aromatic rings. The summed E-state index contributed by atoms with van der Waals surface area (Å²) < 4.78 is 28.1. The van der Waals surface area contributed by atoms with E-state index in [4.69, 9.17) is 9.16 Å². The molecule has 0 aliphatic carbocycles. The summed E-state index contributed by atoms with van der Waals surface area (Å²) in [6.07, 6.45) is 5.70. The Morgan fingerprint density at radius 3 is 2.75 bits per heavy atom. The Kier molecular flexibility index (Phi) is 4.33. The van der Waals surface area contributed by atoms with Gasteiger partial charge in [-0.15, -0.1) is 6.42 Å². The molecule has 1 rings (SSSR count). The summed E-state index contributed by atoms with van der Waals surface area (Å²) in [7, 11) is 1.58. The summed E-state index contributed by atoms with van der Waals surface area (Å²) >= 11 is 0. The van der Waals surface area contributed by atoms with Crippen LogP contribution in [0.15, 0.2) is 30.3 Å². The Bertz CT molecular complexity index is 400. The van der Waals surface area contributed by atoms with E-state index in [0.717, 1.165) is 5.56 Å². The van der Waals surface area contributed by atoms with E-state index in [1.54, 1.807) is 7.05 Å². The molecule has 0 aromatic heterocycles. The number of terminal acetylenes is 1. The van der Waals surface area contributed by atoms with Crippen LogP contribution < -0.4 is 0 Å². The van der Waals surface area contributed by atoms with Gasteiger partial charge in [-0.1, -0.05) is 36.3 Å². The molecule has 1 atom stereocenters. The van der Waals surface area contributed by atoms with Crippen molar-refractivity contribution in [3.8, 4) is 12.3 Å². The minimum Gasteiger partial charge on any atom is -0.295 e. The highest BCUT2D eigenvalue weighted by atomic mass is 19.1. The maximum atomic E-state index is 13.0. The molecule has 86 valence electrons. The molecule has 0 aliphatic rings. The van der Waals surface area contributed by atoms with Crippen LogP contribution in [0.4, 0.5) is 4.39 Å². The van der Waals surface area contributed by atoms with Crippen molar-refractivity contribution in [1.82, 2.24) is 4.90 Å². The second-order valence-electron chi connectivity index (χ2n) is 3.85. The molecule has 0 amide bonds. The molecular formula is C14H18FN. The normalized spacial score (nSPS) is 15.1. The first kappa shape index (κ1) is 9.86. The third-order valence-electron chi connectivity index (χ3n) is 2.37. The number of hydrogen-bond acceptors (Lipinski definition) is 1. The predicted molar refractivity (Wildman–Crippen MR) is 65.9 cm³/mol. The molecule has 0 heterocycles. The van der Waals surface area contributed by atoms with E-state index in [1.165, 1.54) is 4.90 Å². The van der Waals surface area contributed by atoms with Gasteiger partial charge in [-0.25, -0.2) is 0 Å².